The van der Waals surface area contributed by atoms with Crippen molar-refractivity contribution >= 4 is 11.9 Å². The molecule has 1 saturated heterocycles. The summed E-state index contributed by atoms with van der Waals surface area (Å²) < 4.78 is 16.6. The maximum Gasteiger partial charge on any atom is 0.333 e. The van der Waals surface area contributed by atoms with Crippen molar-refractivity contribution in [2.75, 3.05) is 13.2 Å². The highest BCUT2D eigenvalue weighted by atomic mass is 16.6. The lowest BCUT2D eigenvalue weighted by Gasteiger charge is -2.32. The summed E-state index contributed by atoms with van der Waals surface area (Å²) in [6.45, 7) is 7.75. The van der Waals surface area contributed by atoms with Gasteiger partial charge in [-0.15, -0.1) is 0 Å². The van der Waals surface area contributed by atoms with E-state index in [1.165, 1.54) is 6.92 Å². The van der Waals surface area contributed by atoms with Crippen LogP contribution in [-0.4, -0.2) is 37.4 Å². The molecule has 3 fully saturated rings. The van der Waals surface area contributed by atoms with Crippen LogP contribution in [0.2, 0.25) is 0 Å². The Hall–Kier alpha value is -1.36. The molecule has 1 aliphatic heterocycles. The second-order valence-corrected chi connectivity index (χ2v) is 6.14. The largest absolute Gasteiger partial charge is 0.466 e. The maximum atomic E-state index is 11.8. The summed E-state index contributed by atoms with van der Waals surface area (Å²) in [4.78, 5) is 22.8. The average Bonchev–Trinajstić information content (AvgIpc) is 2.97. The van der Waals surface area contributed by atoms with E-state index in [1.807, 2.05) is 0 Å². The van der Waals surface area contributed by atoms with Gasteiger partial charge in [-0.2, -0.15) is 0 Å². The Bertz CT molecular complexity index is 457. The van der Waals surface area contributed by atoms with Crippen LogP contribution in [0.25, 0.3) is 0 Å². The first-order valence-corrected chi connectivity index (χ1v) is 7.10. The summed E-state index contributed by atoms with van der Waals surface area (Å²) in [5.41, 5.74) is 0.402. The number of carbonyl (C=O) groups excluding carboxylic acids is 2. The number of ether oxygens (including phenoxy) is 3. The van der Waals surface area contributed by atoms with E-state index in [2.05, 4.69) is 6.58 Å². The van der Waals surface area contributed by atoms with Gasteiger partial charge in [-0.25, -0.2) is 4.79 Å². The molecule has 6 atom stereocenters. The zero-order valence-electron chi connectivity index (χ0n) is 11.8. The molecule has 2 bridgehead atoms. The van der Waals surface area contributed by atoms with Gasteiger partial charge in [-0.3, -0.25) is 4.79 Å². The first-order chi connectivity index (χ1) is 9.49. The van der Waals surface area contributed by atoms with Crippen molar-refractivity contribution in [3.63, 3.8) is 0 Å². The maximum absolute atomic E-state index is 11.8. The Balaban J connectivity index is 1.72. The molecule has 1 heterocycles. The molecular formula is C15H20O5. The highest BCUT2D eigenvalue weighted by Crippen LogP contribution is 2.58. The second-order valence-electron chi connectivity index (χ2n) is 6.14. The number of esters is 2. The molecule has 0 N–H and O–H groups in total. The van der Waals surface area contributed by atoms with Crippen LogP contribution in [0.15, 0.2) is 12.2 Å². The molecule has 2 saturated carbocycles. The summed E-state index contributed by atoms with van der Waals surface area (Å²) in [6, 6.07) is 0. The van der Waals surface area contributed by atoms with E-state index in [0.29, 0.717) is 30.6 Å². The third-order valence-corrected chi connectivity index (χ3v) is 4.91. The van der Waals surface area contributed by atoms with Crippen molar-refractivity contribution in [2.24, 2.45) is 23.7 Å². The van der Waals surface area contributed by atoms with Gasteiger partial charge in [-0.05, 0) is 25.2 Å². The molecular weight excluding hydrogens is 260 g/mol. The van der Waals surface area contributed by atoms with Crippen molar-refractivity contribution in [3.8, 4) is 0 Å². The lowest BCUT2D eigenvalue weighted by Crippen LogP contribution is -2.42. The number of hydrogen-bond acceptors (Lipinski definition) is 5. The van der Waals surface area contributed by atoms with Crippen LogP contribution in [0.3, 0.4) is 0 Å². The Kier molecular flexibility index (Phi) is 3.32. The lowest BCUT2D eigenvalue weighted by molar-refractivity contribution is -0.156. The van der Waals surface area contributed by atoms with E-state index >= 15 is 0 Å². The molecule has 0 aromatic heterocycles. The lowest BCUT2D eigenvalue weighted by atomic mass is 9.79. The van der Waals surface area contributed by atoms with E-state index < -0.39 is 0 Å². The van der Waals surface area contributed by atoms with Crippen LogP contribution in [0.5, 0.6) is 0 Å². The zero-order chi connectivity index (χ0) is 14.4. The number of carbonyl (C=O) groups is 2. The highest BCUT2D eigenvalue weighted by Gasteiger charge is 2.63. The Morgan fingerprint density at radius 2 is 2.00 bits per heavy atom. The van der Waals surface area contributed by atoms with E-state index in [-0.39, 0.29) is 36.0 Å². The first-order valence-electron chi connectivity index (χ1n) is 7.10. The van der Waals surface area contributed by atoms with E-state index in [9.17, 15) is 9.59 Å². The summed E-state index contributed by atoms with van der Waals surface area (Å²) in [7, 11) is 0. The smallest absolute Gasteiger partial charge is 0.333 e. The van der Waals surface area contributed by atoms with Gasteiger partial charge in [-0.1, -0.05) is 6.58 Å². The fourth-order valence-electron chi connectivity index (χ4n) is 4.07. The normalized spacial score (nSPS) is 40.7. The van der Waals surface area contributed by atoms with Crippen molar-refractivity contribution < 1.29 is 23.8 Å². The summed E-state index contributed by atoms with van der Waals surface area (Å²) in [5, 5.41) is 0. The van der Waals surface area contributed by atoms with Gasteiger partial charge in [0.15, 0.2) is 0 Å². The number of hydrogen-bond donors (Lipinski definition) is 0. The minimum atomic E-state index is -0.360. The Morgan fingerprint density at radius 3 is 2.65 bits per heavy atom. The first kappa shape index (κ1) is 13.6. The molecule has 0 radical (unpaired) electrons. The molecule has 2 aliphatic carbocycles. The SMILES string of the molecule is C=C(C)C(=O)OC1C2CC3C(COC31)C2COC(C)=O. The summed E-state index contributed by atoms with van der Waals surface area (Å²) in [5.74, 6) is 0.720. The van der Waals surface area contributed by atoms with Crippen LogP contribution >= 0.6 is 0 Å². The van der Waals surface area contributed by atoms with Gasteiger partial charge in [0, 0.05) is 24.3 Å². The van der Waals surface area contributed by atoms with E-state index in [0.717, 1.165) is 6.42 Å². The van der Waals surface area contributed by atoms with E-state index in [1.54, 1.807) is 6.92 Å². The molecule has 20 heavy (non-hydrogen) atoms. The third-order valence-electron chi connectivity index (χ3n) is 4.91. The van der Waals surface area contributed by atoms with Crippen LogP contribution in [0.1, 0.15) is 20.3 Å². The number of fused-ring (bicyclic) bond motifs is 1. The van der Waals surface area contributed by atoms with Gasteiger partial charge >= 0.3 is 11.9 Å². The number of rotatable bonds is 4. The van der Waals surface area contributed by atoms with E-state index in [4.69, 9.17) is 14.2 Å². The van der Waals surface area contributed by atoms with Gasteiger partial charge in [0.25, 0.3) is 0 Å². The van der Waals surface area contributed by atoms with Gasteiger partial charge < -0.3 is 14.2 Å². The zero-order valence-corrected chi connectivity index (χ0v) is 11.8. The Morgan fingerprint density at radius 1 is 1.25 bits per heavy atom. The third kappa shape index (κ3) is 2.04. The van der Waals surface area contributed by atoms with Crippen LogP contribution in [-0.2, 0) is 23.8 Å². The van der Waals surface area contributed by atoms with Crippen molar-refractivity contribution in [1.82, 2.24) is 0 Å². The summed E-state index contributed by atoms with van der Waals surface area (Å²) >= 11 is 0. The predicted molar refractivity (Wildman–Crippen MR) is 69.6 cm³/mol. The molecule has 3 aliphatic rings. The van der Waals surface area contributed by atoms with Crippen molar-refractivity contribution in [1.29, 1.82) is 0 Å². The molecule has 5 nitrogen and oxygen atoms in total. The molecule has 5 heteroatoms. The minimum Gasteiger partial charge on any atom is -0.466 e. The molecule has 0 aromatic rings. The molecule has 0 aromatic carbocycles. The van der Waals surface area contributed by atoms with Gasteiger partial charge in [0.05, 0.1) is 19.3 Å². The van der Waals surface area contributed by atoms with Crippen molar-refractivity contribution in [3.05, 3.63) is 12.2 Å². The van der Waals surface area contributed by atoms with Crippen LogP contribution in [0, 0.1) is 23.7 Å². The Labute approximate surface area is 118 Å². The molecule has 110 valence electrons. The molecule has 0 spiro atoms. The predicted octanol–water partition coefficient (Wildman–Crippen LogP) is 1.32. The minimum absolute atomic E-state index is 0.0156. The quantitative estimate of drug-likeness (QED) is 0.574. The van der Waals surface area contributed by atoms with Crippen molar-refractivity contribution in [2.45, 2.75) is 32.5 Å². The fourth-order valence-corrected chi connectivity index (χ4v) is 4.07. The average molecular weight is 280 g/mol. The topological polar surface area (TPSA) is 61.8 Å². The highest BCUT2D eigenvalue weighted by molar-refractivity contribution is 5.87. The monoisotopic (exact) mass is 280 g/mol. The van der Waals surface area contributed by atoms with Crippen LogP contribution in [0.4, 0.5) is 0 Å². The fraction of sp³-hybridized carbons (Fsp3) is 0.733. The van der Waals surface area contributed by atoms with Gasteiger partial charge in [0.2, 0.25) is 0 Å². The second kappa shape index (κ2) is 4.88. The molecule has 0 amide bonds. The standard InChI is InChI=1S/C15H20O5/c1-7(2)15(17)20-14-10-4-9-12(6-19-13(9)14)11(10)5-18-8(3)16/h9-14H,1,4-6H2,2-3H3. The van der Waals surface area contributed by atoms with Gasteiger partial charge in [0.1, 0.15) is 6.10 Å². The molecule has 3 rings (SSSR count). The molecule has 6 unspecified atom stereocenters. The van der Waals surface area contributed by atoms with Crippen LogP contribution < -0.4 is 0 Å². The summed E-state index contributed by atoms with van der Waals surface area (Å²) in [6.07, 6.45) is 0.792.